The maximum atomic E-state index is 13.2. The molecule has 10 heteroatoms. The monoisotopic (exact) mass is 458 g/mol. The van der Waals surface area contributed by atoms with E-state index in [0.29, 0.717) is 18.8 Å². The zero-order valence-corrected chi connectivity index (χ0v) is 17.8. The number of carbonyl (C=O) groups is 1. The number of hydrogen-bond acceptors (Lipinski definition) is 4. The summed E-state index contributed by atoms with van der Waals surface area (Å²) in [6.07, 6.45) is -2.98. The average Bonchev–Trinajstić information content (AvgIpc) is 3.32. The molecule has 4 rings (SSSR count). The van der Waals surface area contributed by atoms with Gasteiger partial charge in [-0.25, -0.2) is 4.79 Å². The van der Waals surface area contributed by atoms with Crippen molar-refractivity contribution in [1.29, 1.82) is 0 Å². The van der Waals surface area contributed by atoms with Crippen LogP contribution in [0.25, 0.3) is 5.69 Å². The van der Waals surface area contributed by atoms with Gasteiger partial charge in [0.25, 0.3) is 11.5 Å². The van der Waals surface area contributed by atoms with Gasteiger partial charge < -0.3 is 4.90 Å². The standard InChI is InChI=1S/C23H21F3N4O3/c1-15-7-9-18(10-8-15)30-22(33)29(14-16-5-4-6-17(13-16)23(24,25)26)21(32)19(27-30)20(31)28-11-2-3-12-28/h4-10,13H,2-3,11-12,14H2,1H3. The van der Waals surface area contributed by atoms with Crippen LogP contribution in [0.1, 0.15) is 40.0 Å². The lowest BCUT2D eigenvalue weighted by molar-refractivity contribution is -0.137. The van der Waals surface area contributed by atoms with Gasteiger partial charge in [-0.1, -0.05) is 29.8 Å². The first-order valence-electron chi connectivity index (χ1n) is 10.4. The predicted octanol–water partition coefficient (Wildman–Crippen LogP) is 3.01. The lowest BCUT2D eigenvalue weighted by atomic mass is 10.1. The van der Waals surface area contributed by atoms with Crippen molar-refractivity contribution in [2.45, 2.75) is 32.5 Å². The van der Waals surface area contributed by atoms with Crippen LogP contribution in [-0.2, 0) is 12.7 Å². The molecule has 2 aromatic carbocycles. The molecular weight excluding hydrogens is 437 g/mol. The van der Waals surface area contributed by atoms with E-state index < -0.39 is 41.1 Å². The lowest BCUT2D eigenvalue weighted by Gasteiger charge is -2.17. The van der Waals surface area contributed by atoms with Gasteiger partial charge >= 0.3 is 11.9 Å². The van der Waals surface area contributed by atoms with Crippen LogP contribution in [0, 0.1) is 6.92 Å². The van der Waals surface area contributed by atoms with Crippen LogP contribution >= 0.6 is 0 Å². The Morgan fingerprint density at radius 2 is 1.70 bits per heavy atom. The van der Waals surface area contributed by atoms with E-state index in [1.165, 1.54) is 17.0 Å². The van der Waals surface area contributed by atoms with Crippen molar-refractivity contribution in [3.63, 3.8) is 0 Å². The van der Waals surface area contributed by atoms with Gasteiger partial charge in [0.15, 0.2) is 0 Å². The number of hydrogen-bond donors (Lipinski definition) is 0. The second-order valence-electron chi connectivity index (χ2n) is 7.97. The molecule has 0 atom stereocenters. The Bertz CT molecular complexity index is 1300. The Labute approximate surface area is 186 Å². The number of carbonyl (C=O) groups excluding carboxylic acids is 1. The molecule has 0 saturated carbocycles. The largest absolute Gasteiger partial charge is 0.416 e. The summed E-state index contributed by atoms with van der Waals surface area (Å²) in [7, 11) is 0. The SMILES string of the molecule is Cc1ccc(-n2nc(C(=O)N3CCCC3)c(=O)n(Cc3cccc(C(F)(F)F)c3)c2=O)cc1. The molecule has 1 aliphatic heterocycles. The number of aromatic nitrogens is 3. The van der Waals surface area contributed by atoms with Crippen molar-refractivity contribution < 1.29 is 18.0 Å². The summed E-state index contributed by atoms with van der Waals surface area (Å²) in [5, 5.41) is 4.07. The highest BCUT2D eigenvalue weighted by Crippen LogP contribution is 2.29. The first-order valence-corrected chi connectivity index (χ1v) is 10.4. The Morgan fingerprint density at radius 1 is 1.03 bits per heavy atom. The highest BCUT2D eigenvalue weighted by atomic mass is 19.4. The van der Waals surface area contributed by atoms with Gasteiger partial charge in [-0.05, 0) is 49.6 Å². The summed E-state index contributed by atoms with van der Waals surface area (Å²) in [5.41, 5.74) is -1.75. The van der Waals surface area contributed by atoms with Crippen LogP contribution in [0.2, 0.25) is 0 Å². The number of halogens is 3. The fraction of sp³-hybridized carbons (Fsp3) is 0.304. The molecule has 0 unspecified atom stereocenters. The fourth-order valence-electron chi connectivity index (χ4n) is 3.74. The van der Waals surface area contributed by atoms with E-state index in [0.717, 1.165) is 39.8 Å². The topological polar surface area (TPSA) is 77.2 Å². The van der Waals surface area contributed by atoms with Gasteiger partial charge in [-0.3, -0.25) is 14.2 Å². The Hall–Kier alpha value is -3.69. The van der Waals surface area contributed by atoms with Crippen molar-refractivity contribution in [3.8, 4) is 5.69 Å². The molecule has 0 N–H and O–H groups in total. The van der Waals surface area contributed by atoms with E-state index in [1.807, 2.05) is 6.92 Å². The van der Waals surface area contributed by atoms with Crippen molar-refractivity contribution in [2.24, 2.45) is 0 Å². The third-order valence-corrected chi connectivity index (χ3v) is 5.53. The van der Waals surface area contributed by atoms with Gasteiger partial charge in [0, 0.05) is 13.1 Å². The number of alkyl halides is 3. The molecule has 172 valence electrons. The smallest absolute Gasteiger partial charge is 0.337 e. The van der Waals surface area contributed by atoms with Crippen molar-refractivity contribution in [1.82, 2.24) is 19.2 Å². The van der Waals surface area contributed by atoms with E-state index in [2.05, 4.69) is 5.10 Å². The first kappa shape index (κ1) is 22.5. The highest BCUT2D eigenvalue weighted by Gasteiger charge is 2.31. The maximum absolute atomic E-state index is 13.2. The van der Waals surface area contributed by atoms with Gasteiger partial charge in [0.1, 0.15) is 0 Å². The Balaban J connectivity index is 1.86. The minimum Gasteiger partial charge on any atom is -0.337 e. The van der Waals surface area contributed by atoms with E-state index in [1.54, 1.807) is 24.3 Å². The van der Waals surface area contributed by atoms with Gasteiger partial charge in [-0.15, -0.1) is 0 Å². The van der Waals surface area contributed by atoms with Crippen LogP contribution in [0.5, 0.6) is 0 Å². The van der Waals surface area contributed by atoms with E-state index in [9.17, 15) is 27.6 Å². The number of amides is 1. The Morgan fingerprint density at radius 3 is 2.33 bits per heavy atom. The molecule has 0 radical (unpaired) electrons. The molecule has 1 fully saturated rings. The molecule has 0 spiro atoms. The second-order valence-corrected chi connectivity index (χ2v) is 7.97. The van der Waals surface area contributed by atoms with Crippen molar-refractivity contribution in [2.75, 3.05) is 13.1 Å². The summed E-state index contributed by atoms with van der Waals surface area (Å²) < 4.78 is 41.1. The summed E-state index contributed by atoms with van der Waals surface area (Å²) in [6, 6.07) is 11.1. The van der Waals surface area contributed by atoms with E-state index in [4.69, 9.17) is 0 Å². The fourth-order valence-corrected chi connectivity index (χ4v) is 3.74. The summed E-state index contributed by atoms with van der Waals surface area (Å²) in [6.45, 7) is 2.36. The first-order chi connectivity index (χ1) is 15.6. The normalized spacial score (nSPS) is 14.0. The average molecular weight is 458 g/mol. The summed E-state index contributed by atoms with van der Waals surface area (Å²) in [5.74, 6) is -0.601. The van der Waals surface area contributed by atoms with Crippen LogP contribution < -0.4 is 11.2 Å². The molecule has 33 heavy (non-hydrogen) atoms. The number of benzene rings is 2. The number of nitrogens with zero attached hydrogens (tertiary/aromatic N) is 4. The molecule has 2 heterocycles. The molecule has 1 aromatic heterocycles. The zero-order chi connectivity index (χ0) is 23.8. The second kappa shape index (κ2) is 8.68. The van der Waals surface area contributed by atoms with Crippen molar-refractivity contribution in [3.05, 3.63) is 91.8 Å². The number of likely N-dealkylation sites (tertiary alicyclic amines) is 1. The van der Waals surface area contributed by atoms with Crippen molar-refractivity contribution >= 4 is 5.91 Å². The molecule has 3 aromatic rings. The molecule has 1 amide bonds. The van der Waals surface area contributed by atoms with Crippen LogP contribution in [0.3, 0.4) is 0 Å². The minimum absolute atomic E-state index is 0.102. The molecule has 1 aliphatic rings. The van der Waals surface area contributed by atoms with Gasteiger partial charge in [0.2, 0.25) is 5.69 Å². The number of aryl methyl sites for hydroxylation is 1. The van der Waals surface area contributed by atoms with Crippen LogP contribution in [-0.4, -0.2) is 38.2 Å². The Kier molecular flexibility index (Phi) is 5.92. The van der Waals surface area contributed by atoms with Gasteiger partial charge in [0.05, 0.1) is 17.8 Å². The molecule has 0 bridgehead atoms. The van der Waals surface area contributed by atoms with Crippen LogP contribution in [0.4, 0.5) is 13.2 Å². The molecular formula is C23H21F3N4O3. The quantitative estimate of drug-likeness (QED) is 0.602. The minimum atomic E-state index is -4.57. The lowest BCUT2D eigenvalue weighted by Crippen LogP contribution is -2.46. The third-order valence-electron chi connectivity index (χ3n) is 5.53. The molecule has 1 saturated heterocycles. The predicted molar refractivity (Wildman–Crippen MR) is 115 cm³/mol. The van der Waals surface area contributed by atoms with Gasteiger partial charge in [-0.2, -0.15) is 23.0 Å². The van der Waals surface area contributed by atoms with E-state index >= 15 is 0 Å². The van der Waals surface area contributed by atoms with Crippen LogP contribution in [0.15, 0.2) is 58.1 Å². The molecule has 7 nitrogen and oxygen atoms in total. The maximum Gasteiger partial charge on any atom is 0.416 e. The van der Waals surface area contributed by atoms with E-state index in [-0.39, 0.29) is 5.56 Å². The third kappa shape index (κ3) is 4.59. The number of rotatable bonds is 4. The summed E-state index contributed by atoms with van der Waals surface area (Å²) >= 11 is 0. The zero-order valence-electron chi connectivity index (χ0n) is 17.8. The molecule has 0 aliphatic carbocycles. The highest BCUT2D eigenvalue weighted by molar-refractivity contribution is 5.92. The summed E-state index contributed by atoms with van der Waals surface area (Å²) in [4.78, 5) is 40.8.